The van der Waals surface area contributed by atoms with Crippen molar-refractivity contribution in [1.29, 1.82) is 0 Å². The zero-order valence-corrected chi connectivity index (χ0v) is 12.0. The van der Waals surface area contributed by atoms with E-state index in [1.54, 1.807) is 6.07 Å². The molecule has 2 N–H and O–H groups in total. The monoisotopic (exact) mass is 270 g/mol. The SMILES string of the molecule is C#CC(O)[C@@]1(C)CC[C@@H]2c3ccc(O)cc3CC[C@H]2C1. The molecule has 0 heterocycles. The van der Waals surface area contributed by atoms with Crippen LogP contribution in [0.15, 0.2) is 18.2 Å². The van der Waals surface area contributed by atoms with E-state index in [2.05, 4.69) is 18.9 Å². The number of rotatable bonds is 1. The third-order valence-electron chi connectivity index (χ3n) is 5.45. The van der Waals surface area contributed by atoms with E-state index in [4.69, 9.17) is 6.42 Å². The molecule has 20 heavy (non-hydrogen) atoms. The molecule has 2 nitrogen and oxygen atoms in total. The highest BCUT2D eigenvalue weighted by molar-refractivity contribution is 5.39. The molecule has 1 aromatic carbocycles. The summed E-state index contributed by atoms with van der Waals surface area (Å²) in [4.78, 5) is 0. The van der Waals surface area contributed by atoms with Crippen LogP contribution < -0.4 is 0 Å². The quantitative estimate of drug-likeness (QED) is 0.769. The standard InChI is InChI=1S/C18H22O2/c1-3-17(20)18(2)9-8-16-13(11-18)5-4-12-10-14(19)6-7-15(12)16/h1,6-7,10,13,16-17,19-20H,4-5,8-9,11H2,2H3/t13-,16-,17?,18-/m0/s1. The highest BCUT2D eigenvalue weighted by Gasteiger charge is 2.43. The highest BCUT2D eigenvalue weighted by atomic mass is 16.3. The summed E-state index contributed by atoms with van der Waals surface area (Å²) < 4.78 is 0. The van der Waals surface area contributed by atoms with E-state index in [0.717, 1.165) is 32.1 Å². The van der Waals surface area contributed by atoms with E-state index < -0.39 is 6.10 Å². The first kappa shape index (κ1) is 13.5. The van der Waals surface area contributed by atoms with Gasteiger partial charge in [0.05, 0.1) is 0 Å². The third kappa shape index (κ3) is 2.11. The van der Waals surface area contributed by atoms with Gasteiger partial charge in [0.1, 0.15) is 11.9 Å². The molecule has 1 unspecified atom stereocenters. The van der Waals surface area contributed by atoms with Crippen molar-refractivity contribution in [2.75, 3.05) is 0 Å². The van der Waals surface area contributed by atoms with Crippen molar-refractivity contribution < 1.29 is 10.2 Å². The second-order valence-corrected chi connectivity index (χ2v) is 6.75. The zero-order chi connectivity index (χ0) is 14.3. The predicted octanol–water partition coefficient (Wildman–Crippen LogP) is 3.22. The fourth-order valence-electron chi connectivity index (χ4n) is 4.24. The first-order valence-corrected chi connectivity index (χ1v) is 7.49. The van der Waals surface area contributed by atoms with Gasteiger partial charge >= 0.3 is 0 Å². The Hall–Kier alpha value is -1.46. The maximum atomic E-state index is 10.1. The Labute approximate surface area is 120 Å². The second-order valence-electron chi connectivity index (χ2n) is 6.75. The maximum absolute atomic E-state index is 10.1. The number of aromatic hydroxyl groups is 1. The summed E-state index contributed by atoms with van der Waals surface area (Å²) in [5.74, 6) is 4.06. The van der Waals surface area contributed by atoms with Gasteiger partial charge in [-0.05, 0) is 67.2 Å². The molecule has 0 spiro atoms. The molecular formula is C18H22O2. The molecule has 0 aromatic heterocycles. The largest absolute Gasteiger partial charge is 0.508 e. The topological polar surface area (TPSA) is 40.5 Å². The van der Waals surface area contributed by atoms with Gasteiger partial charge in [0.15, 0.2) is 0 Å². The molecular weight excluding hydrogens is 248 g/mol. The minimum absolute atomic E-state index is 0.135. The predicted molar refractivity (Wildman–Crippen MR) is 79.5 cm³/mol. The number of phenolic OH excluding ortho intramolecular Hbond substituents is 1. The molecule has 2 aliphatic rings. The van der Waals surface area contributed by atoms with Crippen molar-refractivity contribution >= 4 is 0 Å². The van der Waals surface area contributed by atoms with Crippen LogP contribution in [0.25, 0.3) is 0 Å². The number of phenols is 1. The molecule has 0 radical (unpaired) electrons. The minimum Gasteiger partial charge on any atom is -0.508 e. The van der Waals surface area contributed by atoms with Crippen LogP contribution in [0.3, 0.4) is 0 Å². The summed E-state index contributed by atoms with van der Waals surface area (Å²) in [6.07, 6.45) is 10.00. The van der Waals surface area contributed by atoms with Gasteiger partial charge in [-0.15, -0.1) is 6.42 Å². The molecule has 0 amide bonds. The molecule has 2 aliphatic carbocycles. The molecule has 1 saturated carbocycles. The van der Waals surface area contributed by atoms with E-state index in [1.165, 1.54) is 11.1 Å². The number of aryl methyl sites for hydroxylation is 1. The van der Waals surface area contributed by atoms with Gasteiger partial charge in [0, 0.05) is 5.41 Å². The van der Waals surface area contributed by atoms with Crippen molar-refractivity contribution in [2.24, 2.45) is 11.3 Å². The van der Waals surface area contributed by atoms with Crippen molar-refractivity contribution in [3.8, 4) is 18.1 Å². The molecule has 2 heteroatoms. The van der Waals surface area contributed by atoms with Gasteiger partial charge in [-0.3, -0.25) is 0 Å². The number of hydrogen-bond acceptors (Lipinski definition) is 2. The second kappa shape index (κ2) is 4.82. The Balaban J connectivity index is 1.86. The summed E-state index contributed by atoms with van der Waals surface area (Å²) in [5.41, 5.74) is 2.56. The van der Waals surface area contributed by atoms with E-state index in [-0.39, 0.29) is 5.41 Å². The fraction of sp³-hybridized carbons (Fsp3) is 0.556. The lowest BCUT2D eigenvalue weighted by atomic mass is 9.59. The summed E-state index contributed by atoms with van der Waals surface area (Å²) >= 11 is 0. The zero-order valence-electron chi connectivity index (χ0n) is 12.0. The van der Waals surface area contributed by atoms with E-state index in [1.807, 2.05) is 6.07 Å². The van der Waals surface area contributed by atoms with Gasteiger partial charge in [0.2, 0.25) is 0 Å². The van der Waals surface area contributed by atoms with E-state index >= 15 is 0 Å². The maximum Gasteiger partial charge on any atom is 0.119 e. The Kier molecular flexibility index (Phi) is 3.26. The number of terminal acetylenes is 1. The van der Waals surface area contributed by atoms with Crippen LogP contribution in [-0.2, 0) is 6.42 Å². The summed E-state index contributed by atoms with van der Waals surface area (Å²) in [7, 11) is 0. The van der Waals surface area contributed by atoms with Crippen LogP contribution in [0.5, 0.6) is 5.75 Å². The van der Waals surface area contributed by atoms with Crippen LogP contribution in [-0.4, -0.2) is 16.3 Å². The average Bonchev–Trinajstić information content (AvgIpc) is 2.45. The first-order chi connectivity index (χ1) is 9.53. The van der Waals surface area contributed by atoms with Crippen molar-refractivity contribution in [2.45, 2.75) is 51.0 Å². The van der Waals surface area contributed by atoms with Gasteiger partial charge in [-0.2, -0.15) is 0 Å². The number of hydrogen-bond donors (Lipinski definition) is 2. The molecule has 1 aromatic rings. The van der Waals surface area contributed by atoms with Crippen LogP contribution in [0, 0.1) is 23.7 Å². The van der Waals surface area contributed by atoms with E-state index in [9.17, 15) is 10.2 Å². The van der Waals surface area contributed by atoms with Gasteiger partial charge in [-0.1, -0.05) is 18.9 Å². The Morgan fingerprint density at radius 3 is 2.95 bits per heavy atom. The van der Waals surface area contributed by atoms with Crippen LogP contribution in [0.2, 0.25) is 0 Å². The van der Waals surface area contributed by atoms with Crippen molar-refractivity contribution in [1.82, 2.24) is 0 Å². The summed E-state index contributed by atoms with van der Waals surface area (Å²) in [6.45, 7) is 2.13. The third-order valence-corrected chi connectivity index (χ3v) is 5.45. The average molecular weight is 270 g/mol. The number of aliphatic hydroxyl groups excluding tert-OH is 1. The molecule has 0 bridgehead atoms. The molecule has 0 saturated heterocycles. The van der Waals surface area contributed by atoms with Gasteiger partial charge in [0.25, 0.3) is 0 Å². The van der Waals surface area contributed by atoms with Crippen LogP contribution in [0.1, 0.15) is 49.7 Å². The molecule has 3 rings (SSSR count). The normalized spacial score (nSPS) is 33.6. The fourth-order valence-corrected chi connectivity index (χ4v) is 4.24. The number of fused-ring (bicyclic) bond motifs is 3. The molecule has 106 valence electrons. The van der Waals surface area contributed by atoms with Gasteiger partial charge < -0.3 is 10.2 Å². The summed E-state index contributed by atoms with van der Waals surface area (Å²) in [6, 6.07) is 5.79. The first-order valence-electron chi connectivity index (χ1n) is 7.49. The lowest BCUT2D eigenvalue weighted by Crippen LogP contribution is -2.40. The lowest BCUT2D eigenvalue weighted by molar-refractivity contribution is 0.0179. The number of benzene rings is 1. The van der Waals surface area contributed by atoms with E-state index in [0.29, 0.717) is 17.6 Å². The molecule has 1 fully saturated rings. The highest BCUT2D eigenvalue weighted by Crippen LogP contribution is 2.52. The van der Waals surface area contributed by atoms with Crippen LogP contribution >= 0.6 is 0 Å². The molecule has 4 atom stereocenters. The summed E-state index contributed by atoms with van der Waals surface area (Å²) in [5, 5.41) is 19.7. The molecule has 0 aliphatic heterocycles. The van der Waals surface area contributed by atoms with Gasteiger partial charge in [-0.25, -0.2) is 0 Å². The lowest BCUT2D eigenvalue weighted by Gasteiger charge is -2.46. The van der Waals surface area contributed by atoms with Crippen molar-refractivity contribution in [3.05, 3.63) is 29.3 Å². The Morgan fingerprint density at radius 2 is 2.20 bits per heavy atom. The minimum atomic E-state index is -0.635. The van der Waals surface area contributed by atoms with Crippen LogP contribution in [0.4, 0.5) is 0 Å². The smallest absolute Gasteiger partial charge is 0.119 e. The Bertz CT molecular complexity index is 557. The number of aliphatic hydroxyl groups is 1. The van der Waals surface area contributed by atoms with Crippen molar-refractivity contribution in [3.63, 3.8) is 0 Å². The Morgan fingerprint density at radius 1 is 1.40 bits per heavy atom.